The maximum absolute atomic E-state index is 13.0. The molecule has 2 heterocycles. The number of guanidine groups is 1. The molecule has 152 valence electrons. The average molecular weight is 422 g/mol. The quantitative estimate of drug-likeness (QED) is 0.691. The van der Waals surface area contributed by atoms with Crippen LogP contribution in [-0.4, -0.2) is 23.7 Å². The molecule has 1 N–H and O–H groups in total. The monoisotopic (exact) mass is 422 g/mol. The van der Waals surface area contributed by atoms with Crippen molar-refractivity contribution < 1.29 is 17.6 Å². The second kappa shape index (κ2) is 7.62. The van der Waals surface area contributed by atoms with Crippen molar-refractivity contribution in [1.82, 2.24) is 10.2 Å². The third-order valence-electron chi connectivity index (χ3n) is 4.89. The van der Waals surface area contributed by atoms with Crippen LogP contribution in [0.25, 0.3) is 0 Å². The summed E-state index contributed by atoms with van der Waals surface area (Å²) in [6.07, 6.45) is -1.81. The van der Waals surface area contributed by atoms with Crippen molar-refractivity contribution in [3.05, 3.63) is 69.9 Å². The highest BCUT2D eigenvalue weighted by Gasteiger charge is 2.38. The number of thiophene rings is 1. The standard InChI is InChI=1S/C20H18F4N4S/c1-12-27-19(25-9-14-8-17(14)13-2-4-15(21)5-3-13)26-11-28(12)10-16-6-7-18(29-16)20(22,23)24/h2-7,11,14,17H,1,8-10H2,(H,25,27). The summed E-state index contributed by atoms with van der Waals surface area (Å²) >= 11 is 0.707. The summed E-state index contributed by atoms with van der Waals surface area (Å²) in [5, 5.41) is 2.99. The molecule has 1 aromatic carbocycles. The predicted molar refractivity (Wildman–Crippen MR) is 105 cm³/mol. The Hall–Kier alpha value is -2.68. The third-order valence-corrected chi connectivity index (χ3v) is 6.00. The topological polar surface area (TPSA) is 40.0 Å². The molecule has 0 amide bonds. The Labute approximate surface area is 169 Å². The third kappa shape index (κ3) is 4.67. The van der Waals surface area contributed by atoms with Gasteiger partial charge in [-0.1, -0.05) is 18.7 Å². The first kappa shape index (κ1) is 19.6. The second-order valence-electron chi connectivity index (χ2n) is 7.03. The SMILES string of the molecule is C=C1NC(=NCC2CC2c2ccc(F)cc2)N=CN1Cc1ccc(C(F)(F)F)s1. The van der Waals surface area contributed by atoms with E-state index in [0.29, 0.717) is 46.4 Å². The Morgan fingerprint density at radius 3 is 2.62 bits per heavy atom. The smallest absolute Gasteiger partial charge is 0.314 e. The van der Waals surface area contributed by atoms with Gasteiger partial charge in [0.15, 0.2) is 0 Å². The lowest BCUT2D eigenvalue weighted by Crippen LogP contribution is -2.37. The number of hydrogen-bond donors (Lipinski definition) is 1. The highest BCUT2D eigenvalue weighted by molar-refractivity contribution is 7.12. The van der Waals surface area contributed by atoms with Gasteiger partial charge < -0.3 is 10.2 Å². The van der Waals surface area contributed by atoms with Gasteiger partial charge in [0.1, 0.15) is 22.9 Å². The minimum absolute atomic E-state index is 0.243. The molecule has 0 spiro atoms. The zero-order valence-electron chi connectivity index (χ0n) is 15.3. The Bertz CT molecular complexity index is 962. The normalized spacial score (nSPS) is 22.8. The summed E-state index contributed by atoms with van der Waals surface area (Å²) in [6, 6.07) is 9.08. The molecule has 9 heteroatoms. The van der Waals surface area contributed by atoms with E-state index in [1.165, 1.54) is 24.5 Å². The van der Waals surface area contributed by atoms with Crippen LogP contribution in [0, 0.1) is 11.7 Å². The fourth-order valence-corrected chi connectivity index (χ4v) is 4.07. The van der Waals surface area contributed by atoms with E-state index in [2.05, 4.69) is 21.9 Å². The minimum Gasteiger partial charge on any atom is -0.314 e. The van der Waals surface area contributed by atoms with E-state index in [0.717, 1.165) is 18.1 Å². The lowest BCUT2D eigenvalue weighted by Gasteiger charge is -2.25. The molecule has 1 saturated carbocycles. The van der Waals surface area contributed by atoms with Gasteiger partial charge in [0.2, 0.25) is 5.96 Å². The molecule has 2 aliphatic rings. The summed E-state index contributed by atoms with van der Waals surface area (Å²) < 4.78 is 51.2. The summed E-state index contributed by atoms with van der Waals surface area (Å²) in [5.41, 5.74) is 1.11. The van der Waals surface area contributed by atoms with Crippen LogP contribution < -0.4 is 5.32 Å². The van der Waals surface area contributed by atoms with Crippen LogP contribution >= 0.6 is 11.3 Å². The largest absolute Gasteiger partial charge is 0.425 e. The summed E-state index contributed by atoms with van der Waals surface area (Å²) in [6.45, 7) is 4.74. The van der Waals surface area contributed by atoms with Crippen molar-refractivity contribution in [2.45, 2.75) is 25.1 Å². The van der Waals surface area contributed by atoms with Crippen LogP contribution in [0.4, 0.5) is 17.6 Å². The molecular formula is C20H18F4N4S. The molecule has 1 aromatic heterocycles. The first-order valence-corrected chi connectivity index (χ1v) is 9.84. The van der Waals surface area contributed by atoms with Crippen molar-refractivity contribution in [2.24, 2.45) is 15.9 Å². The van der Waals surface area contributed by atoms with Gasteiger partial charge in [0.25, 0.3) is 0 Å². The van der Waals surface area contributed by atoms with Gasteiger partial charge in [-0.15, -0.1) is 11.3 Å². The van der Waals surface area contributed by atoms with E-state index in [4.69, 9.17) is 0 Å². The van der Waals surface area contributed by atoms with Gasteiger partial charge in [-0.3, -0.25) is 4.99 Å². The molecule has 1 aliphatic carbocycles. The summed E-state index contributed by atoms with van der Waals surface area (Å²) in [7, 11) is 0. The number of nitrogens with one attached hydrogen (secondary N) is 1. The molecule has 1 aliphatic heterocycles. The zero-order chi connectivity index (χ0) is 20.6. The molecule has 4 rings (SSSR count). The average Bonchev–Trinajstić information content (AvgIpc) is 3.28. The number of halogens is 4. The number of aliphatic imine (C=N–C) groups is 2. The first-order valence-electron chi connectivity index (χ1n) is 9.02. The van der Waals surface area contributed by atoms with E-state index in [-0.39, 0.29) is 12.4 Å². The number of alkyl halides is 3. The lowest BCUT2D eigenvalue weighted by atomic mass is 10.1. The van der Waals surface area contributed by atoms with Gasteiger partial charge in [0.05, 0.1) is 6.54 Å². The predicted octanol–water partition coefficient (Wildman–Crippen LogP) is 4.97. The second-order valence-corrected chi connectivity index (χ2v) is 8.19. The minimum atomic E-state index is -4.33. The fourth-order valence-electron chi connectivity index (χ4n) is 3.20. The highest BCUT2D eigenvalue weighted by atomic mass is 32.1. The van der Waals surface area contributed by atoms with E-state index < -0.39 is 11.1 Å². The number of rotatable bonds is 5. The molecule has 4 nitrogen and oxygen atoms in total. The molecule has 29 heavy (non-hydrogen) atoms. The Kier molecular flexibility index (Phi) is 5.16. The summed E-state index contributed by atoms with van der Waals surface area (Å²) in [4.78, 5) is 10.3. The van der Waals surface area contributed by atoms with Crippen LogP contribution in [0.5, 0.6) is 0 Å². The number of benzene rings is 1. The molecule has 0 radical (unpaired) electrons. The molecule has 2 aromatic rings. The molecular weight excluding hydrogens is 404 g/mol. The van der Waals surface area contributed by atoms with Gasteiger partial charge in [0, 0.05) is 11.4 Å². The number of nitrogens with zero attached hydrogens (tertiary/aromatic N) is 3. The number of hydrogen-bond acceptors (Lipinski definition) is 3. The van der Waals surface area contributed by atoms with E-state index >= 15 is 0 Å². The highest BCUT2D eigenvalue weighted by Crippen LogP contribution is 2.47. The lowest BCUT2D eigenvalue weighted by molar-refractivity contribution is -0.134. The van der Waals surface area contributed by atoms with Crippen molar-refractivity contribution in [3.63, 3.8) is 0 Å². The van der Waals surface area contributed by atoms with E-state index in [1.807, 2.05) is 0 Å². The van der Waals surface area contributed by atoms with Gasteiger partial charge >= 0.3 is 6.18 Å². The molecule has 0 bridgehead atoms. The Balaban J connectivity index is 1.32. The van der Waals surface area contributed by atoms with E-state index in [9.17, 15) is 17.6 Å². The van der Waals surface area contributed by atoms with Crippen LogP contribution in [0.1, 0.15) is 27.7 Å². The Morgan fingerprint density at radius 2 is 1.97 bits per heavy atom. The molecule has 2 unspecified atom stereocenters. The van der Waals surface area contributed by atoms with Gasteiger partial charge in [-0.05, 0) is 48.1 Å². The van der Waals surface area contributed by atoms with E-state index in [1.54, 1.807) is 17.0 Å². The zero-order valence-corrected chi connectivity index (χ0v) is 16.1. The molecule has 2 atom stereocenters. The molecule has 1 fully saturated rings. The maximum atomic E-state index is 13.0. The van der Waals surface area contributed by atoms with Crippen LogP contribution in [0.2, 0.25) is 0 Å². The van der Waals surface area contributed by atoms with Gasteiger partial charge in [-0.2, -0.15) is 13.2 Å². The van der Waals surface area contributed by atoms with Crippen molar-refractivity contribution in [1.29, 1.82) is 0 Å². The van der Waals surface area contributed by atoms with Crippen molar-refractivity contribution >= 4 is 23.6 Å². The van der Waals surface area contributed by atoms with Crippen LogP contribution in [0.3, 0.4) is 0 Å². The Morgan fingerprint density at radius 1 is 1.21 bits per heavy atom. The molecule has 0 saturated heterocycles. The van der Waals surface area contributed by atoms with Crippen molar-refractivity contribution in [3.8, 4) is 0 Å². The van der Waals surface area contributed by atoms with Crippen LogP contribution in [0.15, 0.2) is 58.8 Å². The van der Waals surface area contributed by atoms with Crippen LogP contribution in [-0.2, 0) is 12.7 Å². The first-order chi connectivity index (χ1) is 13.8. The fraction of sp³-hybridized carbons (Fsp3) is 0.300. The summed E-state index contributed by atoms with van der Waals surface area (Å²) in [5.74, 6) is 1.47. The van der Waals surface area contributed by atoms with Gasteiger partial charge in [-0.25, -0.2) is 9.38 Å². The maximum Gasteiger partial charge on any atom is 0.425 e. The van der Waals surface area contributed by atoms with Crippen molar-refractivity contribution in [2.75, 3.05) is 6.54 Å².